The van der Waals surface area contributed by atoms with Crippen molar-refractivity contribution in [3.8, 4) is 0 Å². The summed E-state index contributed by atoms with van der Waals surface area (Å²) in [5.74, 6) is 2.97. The molecule has 92 valence electrons. The van der Waals surface area contributed by atoms with Gasteiger partial charge in [0, 0.05) is 12.5 Å². The van der Waals surface area contributed by atoms with E-state index in [0.29, 0.717) is 18.2 Å². The lowest BCUT2D eigenvalue weighted by Gasteiger charge is -2.42. The van der Waals surface area contributed by atoms with E-state index in [-0.39, 0.29) is 5.91 Å². The van der Waals surface area contributed by atoms with Crippen molar-refractivity contribution in [2.75, 3.05) is 5.32 Å². The number of carbonyl (C=O) groups is 1. The van der Waals surface area contributed by atoms with E-state index in [1.54, 1.807) is 18.4 Å². The van der Waals surface area contributed by atoms with Crippen molar-refractivity contribution in [3.05, 3.63) is 18.4 Å². The molecule has 0 aromatic carbocycles. The summed E-state index contributed by atoms with van der Waals surface area (Å²) < 4.78 is 5.12. The molecular weight excluding hydrogens is 214 g/mol. The van der Waals surface area contributed by atoms with E-state index in [9.17, 15) is 4.79 Å². The van der Waals surface area contributed by atoms with Crippen molar-refractivity contribution in [1.82, 2.24) is 0 Å². The zero-order valence-corrected chi connectivity index (χ0v) is 10.0. The largest absolute Gasteiger partial charge is 0.449 e. The molecule has 3 heteroatoms. The lowest BCUT2D eigenvalue weighted by Crippen LogP contribution is -2.33. The molecule has 1 aromatic heterocycles. The zero-order valence-electron chi connectivity index (χ0n) is 10.0. The molecule has 3 saturated carbocycles. The fourth-order valence-corrected chi connectivity index (χ4v) is 3.54. The molecule has 4 rings (SSSR count). The molecule has 3 nitrogen and oxygen atoms in total. The molecule has 0 aliphatic heterocycles. The molecule has 3 fully saturated rings. The van der Waals surface area contributed by atoms with Crippen LogP contribution in [-0.2, 0) is 4.79 Å². The second-order valence-corrected chi connectivity index (χ2v) is 5.51. The predicted octanol–water partition coefficient (Wildman–Crippen LogP) is 3.43. The zero-order chi connectivity index (χ0) is 11.7. The average Bonchev–Trinajstić information content (AvgIpc) is 2.83. The van der Waals surface area contributed by atoms with Gasteiger partial charge in [-0.15, -0.1) is 0 Å². The minimum Gasteiger partial charge on any atom is -0.449 e. The van der Waals surface area contributed by atoms with Crippen molar-refractivity contribution >= 4 is 11.8 Å². The van der Waals surface area contributed by atoms with Crippen molar-refractivity contribution < 1.29 is 9.21 Å². The molecule has 1 unspecified atom stereocenters. The number of carbonyl (C=O) groups excluding carboxylic acids is 1. The van der Waals surface area contributed by atoms with Gasteiger partial charge in [0.05, 0.1) is 6.26 Å². The van der Waals surface area contributed by atoms with Crippen molar-refractivity contribution in [1.29, 1.82) is 0 Å². The molecule has 1 heterocycles. The molecular formula is C14H19NO2. The topological polar surface area (TPSA) is 42.2 Å². The van der Waals surface area contributed by atoms with Crippen LogP contribution in [0.25, 0.3) is 0 Å². The van der Waals surface area contributed by atoms with Crippen LogP contribution >= 0.6 is 0 Å². The molecule has 1 aromatic rings. The first-order valence-corrected chi connectivity index (χ1v) is 6.64. The summed E-state index contributed by atoms with van der Waals surface area (Å²) in [7, 11) is 0. The van der Waals surface area contributed by atoms with Gasteiger partial charge in [0.15, 0.2) is 5.88 Å². The number of nitrogens with one attached hydrogen (secondary N) is 1. The maximum absolute atomic E-state index is 11.9. The molecule has 1 atom stereocenters. The number of hydrogen-bond acceptors (Lipinski definition) is 2. The van der Waals surface area contributed by atoms with E-state index in [4.69, 9.17) is 4.42 Å². The normalized spacial score (nSPS) is 31.4. The van der Waals surface area contributed by atoms with Crippen LogP contribution in [0, 0.1) is 17.8 Å². The van der Waals surface area contributed by atoms with Gasteiger partial charge in [-0.2, -0.15) is 0 Å². The number of anilines is 1. The number of hydrogen-bond donors (Lipinski definition) is 1. The summed E-state index contributed by atoms with van der Waals surface area (Å²) in [4.78, 5) is 11.9. The van der Waals surface area contributed by atoms with Gasteiger partial charge in [-0.05, 0) is 43.1 Å². The Hall–Kier alpha value is -1.25. The van der Waals surface area contributed by atoms with Gasteiger partial charge in [0.25, 0.3) is 0 Å². The van der Waals surface area contributed by atoms with Crippen LogP contribution in [0.2, 0.25) is 0 Å². The van der Waals surface area contributed by atoms with Gasteiger partial charge in [-0.1, -0.05) is 12.8 Å². The van der Waals surface area contributed by atoms with Gasteiger partial charge in [0.2, 0.25) is 5.91 Å². The van der Waals surface area contributed by atoms with Crippen LogP contribution in [0.4, 0.5) is 5.88 Å². The summed E-state index contributed by atoms with van der Waals surface area (Å²) in [6.45, 7) is 0. The molecule has 1 amide bonds. The standard InChI is InChI=1S/C14H19NO2/c16-13(15-14-2-1-7-17-14)9-12-8-10-3-5-11(12)6-4-10/h1-2,7,10-12H,3-6,8-9H2,(H,15,16). The maximum Gasteiger partial charge on any atom is 0.226 e. The molecule has 0 spiro atoms. The van der Waals surface area contributed by atoms with Crippen LogP contribution in [0.5, 0.6) is 0 Å². The molecule has 0 radical (unpaired) electrons. The van der Waals surface area contributed by atoms with E-state index >= 15 is 0 Å². The Bertz CT molecular complexity index is 377. The number of fused-ring (bicyclic) bond motifs is 3. The molecule has 3 aliphatic carbocycles. The third kappa shape index (κ3) is 2.38. The van der Waals surface area contributed by atoms with Crippen molar-refractivity contribution in [2.45, 2.75) is 38.5 Å². The quantitative estimate of drug-likeness (QED) is 0.869. The Morgan fingerprint density at radius 3 is 2.76 bits per heavy atom. The van der Waals surface area contributed by atoms with E-state index < -0.39 is 0 Å². The van der Waals surface area contributed by atoms with Crippen LogP contribution in [0.1, 0.15) is 38.5 Å². The lowest BCUT2D eigenvalue weighted by atomic mass is 9.64. The summed E-state index contributed by atoms with van der Waals surface area (Å²) in [5, 5.41) is 2.82. The molecule has 1 N–H and O–H groups in total. The molecule has 2 bridgehead atoms. The first-order chi connectivity index (χ1) is 8.31. The van der Waals surface area contributed by atoms with E-state index in [1.807, 2.05) is 0 Å². The SMILES string of the molecule is O=C(CC1CC2CCC1CC2)Nc1ccco1. The number of rotatable bonds is 3. The van der Waals surface area contributed by atoms with Gasteiger partial charge >= 0.3 is 0 Å². The van der Waals surface area contributed by atoms with Crippen LogP contribution in [-0.4, -0.2) is 5.91 Å². The fourth-order valence-electron chi connectivity index (χ4n) is 3.54. The second-order valence-electron chi connectivity index (χ2n) is 5.51. The van der Waals surface area contributed by atoms with Gasteiger partial charge in [-0.3, -0.25) is 10.1 Å². The molecule has 17 heavy (non-hydrogen) atoms. The highest BCUT2D eigenvalue weighted by Gasteiger charge is 2.36. The highest BCUT2D eigenvalue weighted by molar-refractivity contribution is 5.89. The summed E-state index contributed by atoms with van der Waals surface area (Å²) in [6, 6.07) is 3.57. The van der Waals surface area contributed by atoms with Gasteiger partial charge in [0.1, 0.15) is 0 Å². The van der Waals surface area contributed by atoms with E-state index in [1.165, 1.54) is 32.1 Å². The van der Waals surface area contributed by atoms with Crippen molar-refractivity contribution in [3.63, 3.8) is 0 Å². The van der Waals surface area contributed by atoms with Crippen LogP contribution in [0.3, 0.4) is 0 Å². The summed E-state index contributed by atoms with van der Waals surface area (Å²) in [6.07, 6.45) is 8.96. The van der Waals surface area contributed by atoms with Crippen molar-refractivity contribution in [2.24, 2.45) is 17.8 Å². The van der Waals surface area contributed by atoms with Crippen LogP contribution in [0.15, 0.2) is 22.8 Å². The second kappa shape index (κ2) is 4.55. The number of amides is 1. The van der Waals surface area contributed by atoms with Gasteiger partial charge in [-0.25, -0.2) is 0 Å². The predicted molar refractivity (Wildman–Crippen MR) is 65.5 cm³/mol. The Morgan fingerprint density at radius 2 is 2.18 bits per heavy atom. The third-order valence-electron chi connectivity index (χ3n) is 4.43. The van der Waals surface area contributed by atoms with E-state index in [0.717, 1.165) is 11.8 Å². The Morgan fingerprint density at radius 1 is 1.35 bits per heavy atom. The first kappa shape index (κ1) is 10.9. The monoisotopic (exact) mass is 233 g/mol. The smallest absolute Gasteiger partial charge is 0.226 e. The van der Waals surface area contributed by atoms with Crippen LogP contribution < -0.4 is 5.32 Å². The highest BCUT2D eigenvalue weighted by atomic mass is 16.3. The minimum absolute atomic E-state index is 0.109. The third-order valence-corrected chi connectivity index (χ3v) is 4.43. The van der Waals surface area contributed by atoms with Gasteiger partial charge < -0.3 is 4.42 Å². The lowest BCUT2D eigenvalue weighted by molar-refractivity contribution is -0.118. The van der Waals surface area contributed by atoms with E-state index in [2.05, 4.69) is 5.32 Å². The molecule has 0 saturated heterocycles. The maximum atomic E-state index is 11.9. The first-order valence-electron chi connectivity index (χ1n) is 6.64. The minimum atomic E-state index is 0.109. The summed E-state index contributed by atoms with van der Waals surface area (Å²) in [5.41, 5.74) is 0. The number of furan rings is 1. The Kier molecular flexibility index (Phi) is 2.91. The highest BCUT2D eigenvalue weighted by Crippen LogP contribution is 2.46. The summed E-state index contributed by atoms with van der Waals surface area (Å²) >= 11 is 0. The Labute approximate surface area is 102 Å². The Balaban J connectivity index is 1.55. The molecule has 3 aliphatic rings. The fraction of sp³-hybridized carbons (Fsp3) is 0.643. The average molecular weight is 233 g/mol.